The van der Waals surface area contributed by atoms with Gasteiger partial charge in [0.2, 0.25) is 0 Å². The summed E-state index contributed by atoms with van der Waals surface area (Å²) in [5.74, 6) is -2.20. The molecular formula is C26H19FN2O3S. The van der Waals surface area contributed by atoms with E-state index < -0.39 is 23.5 Å². The van der Waals surface area contributed by atoms with Gasteiger partial charge < -0.3 is 5.11 Å². The van der Waals surface area contributed by atoms with Crippen LogP contribution >= 0.6 is 11.3 Å². The number of aromatic nitrogens is 1. The third-order valence-corrected chi connectivity index (χ3v) is 6.77. The largest absolute Gasteiger partial charge is 0.507 e. The van der Waals surface area contributed by atoms with Crippen LogP contribution in [0.4, 0.5) is 9.52 Å². The second-order valence-corrected chi connectivity index (χ2v) is 9.02. The number of fused-ring (bicyclic) bond motifs is 1. The summed E-state index contributed by atoms with van der Waals surface area (Å²) in [6.07, 6.45) is 0. The maximum Gasteiger partial charge on any atom is 0.301 e. The molecule has 1 saturated heterocycles. The summed E-state index contributed by atoms with van der Waals surface area (Å²) in [6.45, 7) is 3.73. The molecule has 33 heavy (non-hydrogen) atoms. The average molecular weight is 459 g/mol. The highest BCUT2D eigenvalue weighted by Gasteiger charge is 2.48. The van der Waals surface area contributed by atoms with Gasteiger partial charge in [-0.3, -0.25) is 14.5 Å². The van der Waals surface area contributed by atoms with Crippen LogP contribution in [0.3, 0.4) is 0 Å². The predicted molar refractivity (Wildman–Crippen MR) is 127 cm³/mol. The van der Waals surface area contributed by atoms with Gasteiger partial charge in [0.15, 0.2) is 5.13 Å². The number of nitrogens with zero attached hydrogens (tertiary/aromatic N) is 2. The maximum atomic E-state index is 13.7. The first kappa shape index (κ1) is 21.0. The molecule has 3 aromatic carbocycles. The molecule has 5 rings (SSSR count). The van der Waals surface area contributed by atoms with E-state index in [1.54, 1.807) is 30.3 Å². The van der Waals surface area contributed by atoms with Crippen molar-refractivity contribution in [3.8, 4) is 0 Å². The van der Waals surface area contributed by atoms with Gasteiger partial charge >= 0.3 is 5.91 Å². The van der Waals surface area contributed by atoms with Gasteiger partial charge in [-0.2, -0.15) is 0 Å². The Hall–Kier alpha value is -3.84. The van der Waals surface area contributed by atoms with E-state index in [9.17, 15) is 19.1 Å². The van der Waals surface area contributed by atoms with E-state index >= 15 is 0 Å². The molecule has 7 heteroatoms. The summed E-state index contributed by atoms with van der Waals surface area (Å²) in [5, 5.41) is 11.6. The Labute approximate surface area is 193 Å². The Morgan fingerprint density at radius 3 is 2.55 bits per heavy atom. The van der Waals surface area contributed by atoms with Gasteiger partial charge in [0.05, 0.1) is 21.8 Å². The molecule has 0 aliphatic carbocycles. The fraction of sp³-hybridized carbons (Fsp3) is 0.115. The van der Waals surface area contributed by atoms with Crippen LogP contribution in [-0.2, 0) is 9.59 Å². The number of hydrogen-bond donors (Lipinski definition) is 1. The minimum atomic E-state index is -0.864. The standard InChI is InChI=1S/C26H19FN2O3S/c1-14-8-9-15(2)18(12-14)23(30)21-22(16-6-4-3-5-7-16)29(25(32)24(21)31)26-28-19-11-10-17(27)13-20(19)33-26/h3-13,22,30H,1-2H3/b23-21+. The van der Waals surface area contributed by atoms with Crippen molar-refractivity contribution in [3.63, 3.8) is 0 Å². The third-order valence-electron chi connectivity index (χ3n) is 5.75. The Morgan fingerprint density at radius 1 is 1.03 bits per heavy atom. The molecule has 0 radical (unpaired) electrons. The van der Waals surface area contributed by atoms with Gasteiger partial charge in [0.25, 0.3) is 5.78 Å². The van der Waals surface area contributed by atoms with Gasteiger partial charge in [0, 0.05) is 5.56 Å². The number of aliphatic hydroxyl groups excluding tert-OH is 1. The van der Waals surface area contributed by atoms with Crippen molar-refractivity contribution in [1.29, 1.82) is 0 Å². The zero-order valence-electron chi connectivity index (χ0n) is 17.9. The number of Topliss-reactive ketones (excluding diaryl/α,β-unsaturated/α-hetero) is 1. The predicted octanol–water partition coefficient (Wildman–Crippen LogP) is 5.68. The van der Waals surface area contributed by atoms with E-state index in [-0.39, 0.29) is 16.5 Å². The molecule has 164 valence electrons. The van der Waals surface area contributed by atoms with Crippen molar-refractivity contribution in [2.75, 3.05) is 4.90 Å². The normalized spacial score (nSPS) is 17.8. The monoisotopic (exact) mass is 458 g/mol. The van der Waals surface area contributed by atoms with E-state index in [0.29, 0.717) is 21.3 Å². The molecule has 1 amide bonds. The van der Waals surface area contributed by atoms with E-state index in [0.717, 1.165) is 22.5 Å². The van der Waals surface area contributed by atoms with Gasteiger partial charge in [-0.15, -0.1) is 0 Å². The van der Waals surface area contributed by atoms with Crippen LogP contribution in [0.1, 0.15) is 28.3 Å². The number of thiazole rings is 1. The Balaban J connectivity index is 1.75. The summed E-state index contributed by atoms with van der Waals surface area (Å²) >= 11 is 1.13. The highest BCUT2D eigenvalue weighted by molar-refractivity contribution is 7.22. The fourth-order valence-electron chi connectivity index (χ4n) is 4.11. The van der Waals surface area contributed by atoms with Gasteiger partial charge in [-0.25, -0.2) is 9.37 Å². The lowest BCUT2D eigenvalue weighted by molar-refractivity contribution is -0.132. The van der Waals surface area contributed by atoms with Gasteiger partial charge in [0.1, 0.15) is 11.6 Å². The number of carbonyl (C=O) groups excluding carboxylic acids is 2. The first-order valence-electron chi connectivity index (χ1n) is 10.3. The first-order valence-corrected chi connectivity index (χ1v) is 11.2. The molecule has 1 aliphatic heterocycles. The van der Waals surface area contributed by atoms with Crippen LogP contribution in [-0.4, -0.2) is 21.8 Å². The molecule has 0 spiro atoms. The average Bonchev–Trinajstić information content (AvgIpc) is 3.33. The smallest absolute Gasteiger partial charge is 0.301 e. The first-order chi connectivity index (χ1) is 15.8. The number of carbonyl (C=O) groups is 2. The lowest BCUT2D eigenvalue weighted by atomic mass is 9.93. The van der Waals surface area contributed by atoms with Crippen molar-refractivity contribution in [2.45, 2.75) is 19.9 Å². The van der Waals surface area contributed by atoms with E-state index in [2.05, 4.69) is 4.98 Å². The second-order valence-electron chi connectivity index (χ2n) is 8.01. The van der Waals surface area contributed by atoms with Crippen molar-refractivity contribution in [1.82, 2.24) is 4.98 Å². The number of benzene rings is 3. The van der Waals surface area contributed by atoms with Crippen LogP contribution in [0.5, 0.6) is 0 Å². The molecule has 1 N–H and O–H groups in total. The Kier molecular flexibility index (Phi) is 5.06. The molecule has 5 nitrogen and oxygen atoms in total. The molecule has 1 aliphatic rings. The topological polar surface area (TPSA) is 70.5 Å². The molecule has 0 bridgehead atoms. The van der Waals surface area contributed by atoms with Gasteiger partial charge in [-0.1, -0.05) is 59.4 Å². The summed E-state index contributed by atoms with van der Waals surface area (Å²) < 4.78 is 14.3. The fourth-order valence-corrected chi connectivity index (χ4v) is 5.12. The van der Waals surface area contributed by atoms with Crippen LogP contribution in [0, 0.1) is 19.7 Å². The lowest BCUT2D eigenvalue weighted by Crippen LogP contribution is -2.29. The van der Waals surface area contributed by atoms with Crippen molar-refractivity contribution in [2.24, 2.45) is 0 Å². The Morgan fingerprint density at radius 2 is 1.79 bits per heavy atom. The molecule has 1 aromatic heterocycles. The van der Waals surface area contributed by atoms with Crippen molar-refractivity contribution >= 4 is 44.1 Å². The van der Waals surface area contributed by atoms with Crippen molar-refractivity contribution < 1.29 is 19.1 Å². The van der Waals surface area contributed by atoms with Gasteiger partial charge in [-0.05, 0) is 49.2 Å². The van der Waals surface area contributed by atoms with E-state index in [1.807, 2.05) is 32.0 Å². The summed E-state index contributed by atoms with van der Waals surface area (Å²) in [5.41, 5.74) is 3.40. The zero-order valence-corrected chi connectivity index (χ0v) is 18.7. The summed E-state index contributed by atoms with van der Waals surface area (Å²) in [7, 11) is 0. The molecule has 1 fully saturated rings. The van der Waals surface area contributed by atoms with Crippen LogP contribution in [0.25, 0.3) is 16.0 Å². The number of aliphatic hydroxyl groups is 1. The molecule has 1 unspecified atom stereocenters. The molecule has 1 atom stereocenters. The highest BCUT2D eigenvalue weighted by atomic mass is 32.1. The number of amides is 1. The number of rotatable bonds is 3. The highest BCUT2D eigenvalue weighted by Crippen LogP contribution is 2.44. The molecule has 0 saturated carbocycles. The third kappa shape index (κ3) is 3.50. The quantitative estimate of drug-likeness (QED) is 0.244. The number of anilines is 1. The molecule has 4 aromatic rings. The second kappa shape index (κ2) is 7.94. The maximum absolute atomic E-state index is 13.7. The number of hydrogen-bond acceptors (Lipinski definition) is 5. The van der Waals surface area contributed by atoms with Crippen LogP contribution in [0.2, 0.25) is 0 Å². The van der Waals surface area contributed by atoms with E-state index in [1.165, 1.54) is 23.1 Å². The minimum Gasteiger partial charge on any atom is -0.507 e. The minimum absolute atomic E-state index is 0.00494. The number of ketones is 1. The SMILES string of the molecule is Cc1ccc(C)c(/C(O)=C2\C(=O)C(=O)N(c3nc4ccc(F)cc4s3)C2c2ccccc2)c1. The van der Waals surface area contributed by atoms with Crippen LogP contribution in [0.15, 0.2) is 72.3 Å². The van der Waals surface area contributed by atoms with Crippen LogP contribution < -0.4 is 4.90 Å². The molecular weight excluding hydrogens is 439 g/mol. The summed E-state index contributed by atoms with van der Waals surface area (Å²) in [6, 6.07) is 17.9. The summed E-state index contributed by atoms with van der Waals surface area (Å²) in [4.78, 5) is 32.3. The lowest BCUT2D eigenvalue weighted by Gasteiger charge is -2.23. The van der Waals surface area contributed by atoms with E-state index in [4.69, 9.17) is 0 Å². The van der Waals surface area contributed by atoms with Crippen molar-refractivity contribution in [3.05, 3.63) is 100 Å². The zero-order chi connectivity index (χ0) is 23.3. The Bertz CT molecular complexity index is 1460. The number of halogens is 1. The number of aryl methyl sites for hydroxylation is 2. The molecule has 2 heterocycles.